The van der Waals surface area contributed by atoms with Crippen molar-refractivity contribution in [3.63, 3.8) is 0 Å². The van der Waals surface area contributed by atoms with E-state index >= 15 is 0 Å². The molecule has 0 spiro atoms. The summed E-state index contributed by atoms with van der Waals surface area (Å²) in [7, 11) is 3.29. The molecule has 0 aliphatic rings. The molecule has 0 saturated carbocycles. The Labute approximate surface area is 168 Å². The molecule has 0 fully saturated rings. The van der Waals surface area contributed by atoms with Gasteiger partial charge in [0, 0.05) is 7.05 Å². The summed E-state index contributed by atoms with van der Waals surface area (Å²) >= 11 is 2.86. The van der Waals surface area contributed by atoms with Gasteiger partial charge in [-0.1, -0.05) is 23.5 Å². The summed E-state index contributed by atoms with van der Waals surface area (Å²) in [4.78, 5) is 26.0. The van der Waals surface area contributed by atoms with Crippen molar-refractivity contribution >= 4 is 45.6 Å². The Hall–Kier alpha value is -2.60. The lowest BCUT2D eigenvalue weighted by Crippen LogP contribution is -2.20. The summed E-state index contributed by atoms with van der Waals surface area (Å²) in [5.41, 5.74) is 1.16. The summed E-state index contributed by atoms with van der Waals surface area (Å²) < 4.78 is 10.4. The van der Waals surface area contributed by atoms with E-state index in [2.05, 4.69) is 25.1 Å². The van der Waals surface area contributed by atoms with E-state index in [0.717, 1.165) is 5.39 Å². The van der Waals surface area contributed by atoms with Crippen molar-refractivity contribution in [3.05, 3.63) is 22.7 Å². The van der Waals surface area contributed by atoms with Gasteiger partial charge >= 0.3 is 0 Å². The monoisotopic (exact) mass is 418 g/mol. The van der Waals surface area contributed by atoms with E-state index < -0.39 is 0 Å². The average molecular weight is 419 g/mol. The molecular formula is C16H18N8O2S2. The highest BCUT2D eigenvalue weighted by Crippen LogP contribution is 2.25. The Bertz CT molecular complexity index is 1230. The Morgan fingerprint density at radius 3 is 2.21 bits per heavy atom. The topological polar surface area (TPSA) is 106 Å². The molecular weight excluding hydrogens is 400 g/mol. The molecule has 0 unspecified atom stereocenters. The molecule has 4 rings (SSSR count). The third kappa shape index (κ3) is 3.02. The van der Waals surface area contributed by atoms with Gasteiger partial charge in [0.1, 0.15) is 10.8 Å². The number of methoxy groups -OCH3 is 1. The smallest absolute Gasteiger partial charge is 0.265 e. The van der Waals surface area contributed by atoms with Gasteiger partial charge in [0.2, 0.25) is 5.88 Å². The van der Waals surface area contributed by atoms with Crippen LogP contribution in [0.2, 0.25) is 0 Å². The van der Waals surface area contributed by atoms with Gasteiger partial charge in [0.25, 0.3) is 5.56 Å². The molecule has 0 amide bonds. The Morgan fingerprint density at radius 1 is 0.964 bits per heavy atom. The van der Waals surface area contributed by atoms with Crippen molar-refractivity contribution in [1.82, 2.24) is 39.1 Å². The van der Waals surface area contributed by atoms with Crippen LogP contribution in [0.3, 0.4) is 0 Å². The number of aromatic nitrogens is 8. The number of thioether (sulfide) groups is 2. The predicted octanol–water partition coefficient (Wildman–Crippen LogP) is 1.42. The second-order valence-electron chi connectivity index (χ2n) is 5.89. The summed E-state index contributed by atoms with van der Waals surface area (Å²) in [6, 6.07) is 0. The lowest BCUT2D eigenvalue weighted by molar-refractivity contribution is 0.398. The molecule has 0 aliphatic carbocycles. The van der Waals surface area contributed by atoms with Crippen molar-refractivity contribution < 1.29 is 4.74 Å². The molecule has 0 saturated heterocycles. The van der Waals surface area contributed by atoms with Gasteiger partial charge in [0.05, 0.1) is 32.6 Å². The molecule has 146 valence electrons. The van der Waals surface area contributed by atoms with Gasteiger partial charge in [0.15, 0.2) is 21.6 Å². The SMILES string of the molecule is COc1nc(SC)nc2c1cnn2CCn1ncc2c(=O)n(C)c(SC)nc21. The van der Waals surface area contributed by atoms with E-state index in [1.54, 1.807) is 35.9 Å². The van der Waals surface area contributed by atoms with Gasteiger partial charge in [-0.2, -0.15) is 15.2 Å². The zero-order valence-electron chi connectivity index (χ0n) is 15.8. The molecule has 12 heteroatoms. The summed E-state index contributed by atoms with van der Waals surface area (Å²) in [5.74, 6) is 0.500. The minimum Gasteiger partial charge on any atom is -0.480 e. The fourth-order valence-corrected chi connectivity index (χ4v) is 3.82. The predicted molar refractivity (Wildman–Crippen MR) is 108 cm³/mol. The normalized spacial score (nSPS) is 11.6. The molecule has 0 radical (unpaired) electrons. The zero-order chi connectivity index (χ0) is 19.8. The summed E-state index contributed by atoms with van der Waals surface area (Å²) in [6.45, 7) is 1.01. The van der Waals surface area contributed by atoms with Crippen LogP contribution >= 0.6 is 23.5 Å². The second kappa shape index (κ2) is 7.43. The van der Waals surface area contributed by atoms with Crippen LogP contribution in [-0.4, -0.2) is 58.7 Å². The van der Waals surface area contributed by atoms with Gasteiger partial charge in [-0.25, -0.2) is 19.3 Å². The molecule has 4 aromatic rings. The minimum absolute atomic E-state index is 0.104. The maximum atomic E-state index is 12.5. The molecule has 28 heavy (non-hydrogen) atoms. The van der Waals surface area contributed by atoms with Crippen molar-refractivity contribution in [1.29, 1.82) is 0 Å². The van der Waals surface area contributed by atoms with Gasteiger partial charge < -0.3 is 4.74 Å². The molecule has 4 aromatic heterocycles. The maximum absolute atomic E-state index is 12.5. The fraction of sp³-hybridized carbons (Fsp3) is 0.375. The van der Waals surface area contributed by atoms with E-state index in [0.29, 0.717) is 46.0 Å². The standard InChI is InChI=1S/C16H18N8O2S2/c1-22-14(25)10-8-18-24(12(10)20-16(22)28-4)6-5-23-11-9(7-17-23)13(26-2)21-15(19-11)27-3/h7-8H,5-6H2,1-4H3. The molecule has 4 heterocycles. The minimum atomic E-state index is -0.104. The number of nitrogens with zero attached hydrogens (tertiary/aromatic N) is 8. The first kappa shape index (κ1) is 18.7. The highest BCUT2D eigenvalue weighted by atomic mass is 32.2. The molecule has 10 nitrogen and oxygen atoms in total. The highest BCUT2D eigenvalue weighted by Gasteiger charge is 2.15. The van der Waals surface area contributed by atoms with Crippen LogP contribution in [0.15, 0.2) is 27.5 Å². The van der Waals surface area contributed by atoms with Gasteiger partial charge in [-0.3, -0.25) is 9.36 Å². The number of ether oxygens (including phenoxy) is 1. The van der Waals surface area contributed by atoms with E-state index in [4.69, 9.17) is 4.74 Å². The van der Waals surface area contributed by atoms with Crippen LogP contribution in [-0.2, 0) is 20.1 Å². The first-order valence-electron chi connectivity index (χ1n) is 8.35. The third-order valence-electron chi connectivity index (χ3n) is 4.36. The van der Waals surface area contributed by atoms with E-state index in [1.807, 2.05) is 12.5 Å². The van der Waals surface area contributed by atoms with Crippen LogP contribution in [0.4, 0.5) is 0 Å². The number of hydrogen-bond donors (Lipinski definition) is 0. The zero-order valence-corrected chi connectivity index (χ0v) is 17.4. The lowest BCUT2D eigenvalue weighted by Gasteiger charge is -2.08. The lowest BCUT2D eigenvalue weighted by atomic mass is 10.4. The van der Waals surface area contributed by atoms with Crippen molar-refractivity contribution in [2.75, 3.05) is 19.6 Å². The number of hydrogen-bond acceptors (Lipinski definition) is 9. The maximum Gasteiger partial charge on any atom is 0.265 e. The Morgan fingerprint density at radius 2 is 1.61 bits per heavy atom. The van der Waals surface area contributed by atoms with Crippen LogP contribution in [0.1, 0.15) is 0 Å². The molecule has 0 aliphatic heterocycles. The van der Waals surface area contributed by atoms with E-state index in [-0.39, 0.29) is 5.56 Å². The highest BCUT2D eigenvalue weighted by molar-refractivity contribution is 7.98. The van der Waals surface area contributed by atoms with Crippen LogP contribution in [0, 0.1) is 0 Å². The summed E-state index contributed by atoms with van der Waals surface area (Å²) in [5, 5.41) is 11.3. The van der Waals surface area contributed by atoms with E-state index in [9.17, 15) is 4.79 Å². The van der Waals surface area contributed by atoms with Gasteiger partial charge in [-0.15, -0.1) is 0 Å². The largest absolute Gasteiger partial charge is 0.480 e. The van der Waals surface area contributed by atoms with Crippen LogP contribution < -0.4 is 10.3 Å². The number of aryl methyl sites for hydroxylation is 2. The average Bonchev–Trinajstić information content (AvgIpc) is 3.32. The Kier molecular flexibility index (Phi) is 4.98. The van der Waals surface area contributed by atoms with Gasteiger partial charge in [-0.05, 0) is 12.5 Å². The second-order valence-corrected chi connectivity index (χ2v) is 7.44. The van der Waals surface area contributed by atoms with Crippen LogP contribution in [0.5, 0.6) is 5.88 Å². The number of rotatable bonds is 6. The third-order valence-corrected chi connectivity index (χ3v) is 5.64. The first-order valence-corrected chi connectivity index (χ1v) is 10.8. The first-order chi connectivity index (χ1) is 13.6. The summed E-state index contributed by atoms with van der Waals surface area (Å²) in [6.07, 6.45) is 7.06. The van der Waals surface area contributed by atoms with E-state index in [1.165, 1.54) is 28.1 Å². The van der Waals surface area contributed by atoms with Crippen molar-refractivity contribution in [3.8, 4) is 5.88 Å². The molecule has 0 bridgehead atoms. The quantitative estimate of drug-likeness (QED) is 0.339. The van der Waals surface area contributed by atoms with Crippen LogP contribution in [0.25, 0.3) is 22.1 Å². The van der Waals surface area contributed by atoms with Crippen molar-refractivity contribution in [2.45, 2.75) is 23.4 Å². The molecule has 0 N–H and O–H groups in total. The number of fused-ring (bicyclic) bond motifs is 2. The van der Waals surface area contributed by atoms with Crippen molar-refractivity contribution in [2.24, 2.45) is 7.05 Å². The molecule has 0 aromatic carbocycles. The Balaban J connectivity index is 1.70. The fourth-order valence-electron chi connectivity index (χ4n) is 2.94. The molecule has 0 atom stereocenters.